The van der Waals surface area contributed by atoms with Crippen molar-refractivity contribution in [3.05, 3.63) is 24.3 Å². The smallest absolute Gasteiger partial charge is 0.243 e. The number of unbranched alkanes of at least 4 members (excludes halogenated alkanes) is 1. The monoisotopic (exact) mass is 257 g/mol. The Morgan fingerprint density at radius 1 is 1.29 bits per heavy atom. The van der Waals surface area contributed by atoms with Crippen LogP contribution in [0.3, 0.4) is 0 Å². The van der Waals surface area contributed by atoms with Crippen LogP contribution < -0.4 is 0 Å². The second-order valence-electron chi connectivity index (χ2n) is 3.85. The van der Waals surface area contributed by atoms with E-state index in [1.165, 1.54) is 28.6 Å². The first kappa shape index (κ1) is 14.0. The van der Waals surface area contributed by atoms with Crippen LogP contribution in [-0.2, 0) is 10.0 Å². The van der Waals surface area contributed by atoms with E-state index in [2.05, 4.69) is 0 Å². The summed E-state index contributed by atoms with van der Waals surface area (Å²) < 4.78 is 25.9. The normalized spacial score (nSPS) is 11.9. The van der Waals surface area contributed by atoms with Gasteiger partial charge in [-0.3, -0.25) is 0 Å². The quantitative estimate of drug-likeness (QED) is 0.850. The van der Waals surface area contributed by atoms with Gasteiger partial charge in [0.1, 0.15) is 5.75 Å². The zero-order valence-corrected chi connectivity index (χ0v) is 11.1. The lowest BCUT2D eigenvalue weighted by Gasteiger charge is -2.20. The summed E-state index contributed by atoms with van der Waals surface area (Å²) >= 11 is 0. The Morgan fingerprint density at radius 2 is 2.00 bits per heavy atom. The standard InChI is InChI=1S/C12H19NO3S/c1-3-5-9-13(4-2)17(15,16)12-8-6-7-11(14)10-12/h6-8,10,14H,3-5,9H2,1-2H3. The van der Waals surface area contributed by atoms with E-state index in [1.54, 1.807) is 0 Å². The number of phenolic OH excluding ortho intramolecular Hbond substituents is 1. The molecular formula is C12H19NO3S. The number of rotatable bonds is 6. The maximum atomic E-state index is 12.2. The molecule has 0 fully saturated rings. The fourth-order valence-electron chi connectivity index (χ4n) is 1.58. The highest BCUT2D eigenvalue weighted by molar-refractivity contribution is 7.89. The lowest BCUT2D eigenvalue weighted by atomic mass is 10.3. The summed E-state index contributed by atoms with van der Waals surface area (Å²) in [7, 11) is -3.47. The van der Waals surface area contributed by atoms with Gasteiger partial charge in [0.05, 0.1) is 4.90 Å². The van der Waals surface area contributed by atoms with Crippen molar-refractivity contribution in [1.29, 1.82) is 0 Å². The Labute approximate surface area is 103 Å². The van der Waals surface area contributed by atoms with E-state index in [1.807, 2.05) is 13.8 Å². The number of hydrogen-bond acceptors (Lipinski definition) is 3. The highest BCUT2D eigenvalue weighted by atomic mass is 32.2. The molecule has 0 aliphatic carbocycles. The molecule has 1 N–H and O–H groups in total. The molecule has 1 aromatic carbocycles. The summed E-state index contributed by atoms with van der Waals surface area (Å²) in [5.74, 6) is -0.0300. The Hall–Kier alpha value is -1.07. The molecule has 4 nitrogen and oxygen atoms in total. The van der Waals surface area contributed by atoms with Crippen LogP contribution in [0, 0.1) is 0 Å². The van der Waals surface area contributed by atoms with Gasteiger partial charge in [0.15, 0.2) is 0 Å². The van der Waals surface area contributed by atoms with E-state index in [0.717, 1.165) is 12.8 Å². The van der Waals surface area contributed by atoms with Gasteiger partial charge in [-0.05, 0) is 24.6 Å². The molecule has 0 aromatic heterocycles. The molecule has 0 radical (unpaired) electrons. The Kier molecular flexibility index (Phi) is 4.96. The number of nitrogens with zero attached hydrogens (tertiary/aromatic N) is 1. The molecule has 0 aliphatic rings. The largest absolute Gasteiger partial charge is 0.508 e. The molecule has 1 aromatic rings. The van der Waals surface area contributed by atoms with Gasteiger partial charge >= 0.3 is 0 Å². The van der Waals surface area contributed by atoms with Gasteiger partial charge in [-0.2, -0.15) is 4.31 Å². The number of benzene rings is 1. The van der Waals surface area contributed by atoms with Gasteiger partial charge in [0, 0.05) is 13.1 Å². The predicted molar refractivity (Wildman–Crippen MR) is 67.4 cm³/mol. The van der Waals surface area contributed by atoms with Gasteiger partial charge in [0.2, 0.25) is 10.0 Å². The van der Waals surface area contributed by atoms with Crippen molar-refractivity contribution < 1.29 is 13.5 Å². The second kappa shape index (κ2) is 6.02. The van der Waals surface area contributed by atoms with E-state index < -0.39 is 10.0 Å². The van der Waals surface area contributed by atoms with Crippen LogP contribution in [0.15, 0.2) is 29.2 Å². The van der Waals surface area contributed by atoms with Crippen molar-refractivity contribution >= 4 is 10.0 Å². The molecule has 96 valence electrons. The first-order valence-electron chi connectivity index (χ1n) is 5.81. The average Bonchev–Trinajstić information content (AvgIpc) is 2.30. The Morgan fingerprint density at radius 3 is 2.53 bits per heavy atom. The number of hydrogen-bond donors (Lipinski definition) is 1. The van der Waals surface area contributed by atoms with Crippen LogP contribution in [0.1, 0.15) is 26.7 Å². The first-order valence-corrected chi connectivity index (χ1v) is 7.25. The molecule has 1 rings (SSSR count). The molecule has 0 amide bonds. The Balaban J connectivity index is 3.00. The molecule has 17 heavy (non-hydrogen) atoms. The minimum absolute atomic E-state index is 0.0300. The molecule has 5 heteroatoms. The summed E-state index contributed by atoms with van der Waals surface area (Å²) in [5.41, 5.74) is 0. The molecule has 0 spiro atoms. The molecule has 0 saturated carbocycles. The van der Waals surface area contributed by atoms with E-state index in [-0.39, 0.29) is 10.6 Å². The minimum atomic E-state index is -3.47. The minimum Gasteiger partial charge on any atom is -0.508 e. The third-order valence-corrected chi connectivity index (χ3v) is 4.54. The number of sulfonamides is 1. The van der Waals surface area contributed by atoms with E-state index >= 15 is 0 Å². The molecule has 0 saturated heterocycles. The van der Waals surface area contributed by atoms with E-state index in [0.29, 0.717) is 13.1 Å². The third-order valence-electron chi connectivity index (χ3n) is 2.57. The summed E-state index contributed by atoms with van der Waals surface area (Å²) in [6.07, 6.45) is 1.79. The van der Waals surface area contributed by atoms with Crippen LogP contribution in [0.2, 0.25) is 0 Å². The Bertz CT molecular complexity index is 457. The van der Waals surface area contributed by atoms with E-state index in [9.17, 15) is 13.5 Å². The fourth-order valence-corrected chi connectivity index (χ4v) is 3.10. The summed E-state index contributed by atoms with van der Waals surface area (Å²) in [4.78, 5) is 0.149. The lowest BCUT2D eigenvalue weighted by molar-refractivity contribution is 0.418. The van der Waals surface area contributed by atoms with Crippen LogP contribution in [0.5, 0.6) is 5.75 Å². The van der Waals surface area contributed by atoms with Crippen molar-refractivity contribution in [2.24, 2.45) is 0 Å². The highest BCUT2D eigenvalue weighted by Gasteiger charge is 2.22. The molecule has 0 heterocycles. The van der Waals surface area contributed by atoms with Crippen molar-refractivity contribution in [1.82, 2.24) is 4.31 Å². The van der Waals surface area contributed by atoms with Crippen LogP contribution in [0.25, 0.3) is 0 Å². The molecule has 0 aliphatic heterocycles. The predicted octanol–water partition coefficient (Wildman–Crippen LogP) is 2.20. The lowest BCUT2D eigenvalue weighted by Crippen LogP contribution is -2.31. The maximum absolute atomic E-state index is 12.2. The van der Waals surface area contributed by atoms with Crippen LogP contribution in [-0.4, -0.2) is 30.9 Å². The van der Waals surface area contributed by atoms with Crippen LogP contribution in [0.4, 0.5) is 0 Å². The van der Waals surface area contributed by atoms with Gasteiger partial charge in [-0.25, -0.2) is 8.42 Å². The number of phenols is 1. The first-order chi connectivity index (χ1) is 8.02. The molecular weight excluding hydrogens is 238 g/mol. The zero-order valence-electron chi connectivity index (χ0n) is 10.3. The topological polar surface area (TPSA) is 57.6 Å². The van der Waals surface area contributed by atoms with Crippen molar-refractivity contribution in [2.45, 2.75) is 31.6 Å². The van der Waals surface area contributed by atoms with Crippen molar-refractivity contribution in [2.75, 3.05) is 13.1 Å². The van der Waals surface area contributed by atoms with Gasteiger partial charge in [0.25, 0.3) is 0 Å². The van der Waals surface area contributed by atoms with Crippen LogP contribution >= 0.6 is 0 Å². The van der Waals surface area contributed by atoms with Crippen molar-refractivity contribution in [3.8, 4) is 5.75 Å². The van der Waals surface area contributed by atoms with Crippen molar-refractivity contribution in [3.63, 3.8) is 0 Å². The summed E-state index contributed by atoms with van der Waals surface area (Å²) in [5, 5.41) is 9.32. The molecule has 0 atom stereocenters. The second-order valence-corrected chi connectivity index (χ2v) is 5.79. The molecule has 0 unspecified atom stereocenters. The SMILES string of the molecule is CCCCN(CC)S(=O)(=O)c1cccc(O)c1. The summed E-state index contributed by atoms with van der Waals surface area (Å²) in [6.45, 7) is 4.80. The van der Waals surface area contributed by atoms with Gasteiger partial charge < -0.3 is 5.11 Å². The highest BCUT2D eigenvalue weighted by Crippen LogP contribution is 2.20. The summed E-state index contributed by atoms with van der Waals surface area (Å²) in [6, 6.07) is 5.78. The van der Waals surface area contributed by atoms with E-state index in [4.69, 9.17) is 0 Å². The zero-order chi connectivity index (χ0) is 12.9. The molecule has 0 bridgehead atoms. The van der Waals surface area contributed by atoms with Gasteiger partial charge in [-0.15, -0.1) is 0 Å². The van der Waals surface area contributed by atoms with Gasteiger partial charge in [-0.1, -0.05) is 26.3 Å². The third kappa shape index (κ3) is 3.44. The number of aromatic hydroxyl groups is 1. The average molecular weight is 257 g/mol. The fraction of sp³-hybridized carbons (Fsp3) is 0.500. The maximum Gasteiger partial charge on any atom is 0.243 e.